The van der Waals surface area contributed by atoms with Crippen molar-refractivity contribution in [3.63, 3.8) is 0 Å². The zero-order valence-corrected chi connectivity index (χ0v) is 12.2. The highest BCUT2D eigenvalue weighted by molar-refractivity contribution is 5.74. The summed E-state index contributed by atoms with van der Waals surface area (Å²) in [4.78, 5) is 22.7. The highest BCUT2D eigenvalue weighted by atomic mass is 16.6. The van der Waals surface area contributed by atoms with E-state index in [1.54, 1.807) is 26.8 Å². The average Bonchev–Trinajstić information content (AvgIpc) is 2.77. The third kappa shape index (κ3) is 5.00. The van der Waals surface area contributed by atoms with Crippen LogP contribution in [-0.2, 0) is 4.74 Å². The number of alkyl carbamates (subject to hydrolysis) is 1. The topological polar surface area (TPSA) is 93.5 Å². The van der Waals surface area contributed by atoms with E-state index in [0.717, 1.165) is 0 Å². The molecule has 0 saturated carbocycles. The van der Waals surface area contributed by atoms with Gasteiger partial charge in [0.15, 0.2) is 0 Å². The van der Waals surface area contributed by atoms with Gasteiger partial charge in [0.25, 0.3) is 0 Å². The van der Waals surface area contributed by atoms with Crippen molar-refractivity contribution in [2.24, 2.45) is 0 Å². The summed E-state index contributed by atoms with van der Waals surface area (Å²) in [7, 11) is 0. The third-order valence-electron chi connectivity index (χ3n) is 2.46. The molecule has 0 saturated heterocycles. The van der Waals surface area contributed by atoms with Crippen molar-refractivity contribution in [1.82, 2.24) is 15.1 Å². The van der Waals surface area contributed by atoms with E-state index in [1.807, 2.05) is 0 Å². The Morgan fingerprint density at radius 2 is 2.15 bits per heavy atom. The van der Waals surface area contributed by atoms with Crippen molar-refractivity contribution >= 4 is 12.0 Å². The minimum Gasteiger partial charge on any atom is -0.444 e. The SMILES string of the molecule is CC(=O)n1ccc([C@@H](CO)CNC(=O)OC(C)(C)C)n1. The van der Waals surface area contributed by atoms with Gasteiger partial charge in [-0.15, -0.1) is 0 Å². The number of aliphatic hydroxyl groups is 1. The molecule has 112 valence electrons. The summed E-state index contributed by atoms with van der Waals surface area (Å²) in [6.45, 7) is 6.69. The van der Waals surface area contributed by atoms with E-state index < -0.39 is 11.7 Å². The minimum absolute atomic E-state index is 0.181. The van der Waals surface area contributed by atoms with Crippen molar-refractivity contribution < 1.29 is 19.4 Å². The number of hydrogen-bond donors (Lipinski definition) is 2. The fourth-order valence-corrected chi connectivity index (χ4v) is 1.51. The van der Waals surface area contributed by atoms with Gasteiger partial charge in [0, 0.05) is 25.6 Å². The number of ether oxygens (including phenoxy) is 1. The summed E-state index contributed by atoms with van der Waals surface area (Å²) in [5.74, 6) is -0.601. The van der Waals surface area contributed by atoms with Crippen LogP contribution in [0.4, 0.5) is 4.79 Å². The number of carbonyl (C=O) groups excluding carboxylic acids is 2. The van der Waals surface area contributed by atoms with Gasteiger partial charge in [-0.1, -0.05) is 0 Å². The molecule has 0 unspecified atom stereocenters. The number of nitrogens with zero attached hydrogens (tertiary/aromatic N) is 2. The zero-order chi connectivity index (χ0) is 15.3. The molecule has 1 heterocycles. The second kappa shape index (κ2) is 6.51. The van der Waals surface area contributed by atoms with Crippen molar-refractivity contribution in [3.05, 3.63) is 18.0 Å². The molecule has 20 heavy (non-hydrogen) atoms. The second-order valence-corrected chi connectivity index (χ2v) is 5.47. The first-order valence-electron chi connectivity index (χ1n) is 6.37. The van der Waals surface area contributed by atoms with Crippen LogP contribution in [0.1, 0.15) is 44.1 Å². The molecule has 0 spiro atoms. The van der Waals surface area contributed by atoms with Crippen LogP contribution in [-0.4, -0.2) is 45.6 Å². The standard InChI is InChI=1S/C13H21N3O4/c1-9(18)16-6-5-11(15-16)10(8-17)7-14-12(19)20-13(2,3)4/h5-6,10,17H,7-8H2,1-4H3,(H,14,19)/t10-/m1/s1. The third-order valence-corrected chi connectivity index (χ3v) is 2.46. The Kier molecular flexibility index (Phi) is 5.26. The van der Waals surface area contributed by atoms with Crippen molar-refractivity contribution in [2.75, 3.05) is 13.2 Å². The van der Waals surface area contributed by atoms with Gasteiger partial charge in [0.05, 0.1) is 12.3 Å². The molecule has 1 amide bonds. The molecule has 1 atom stereocenters. The van der Waals surface area contributed by atoms with Gasteiger partial charge in [-0.25, -0.2) is 9.48 Å². The van der Waals surface area contributed by atoms with E-state index in [9.17, 15) is 14.7 Å². The molecule has 0 bridgehead atoms. The molecule has 0 aliphatic rings. The smallest absolute Gasteiger partial charge is 0.407 e. The van der Waals surface area contributed by atoms with Crippen LogP contribution in [0.15, 0.2) is 12.3 Å². The number of rotatable bonds is 4. The molecular weight excluding hydrogens is 262 g/mol. The molecule has 0 aliphatic carbocycles. The number of nitrogens with one attached hydrogen (secondary N) is 1. The van der Waals surface area contributed by atoms with E-state index in [-0.39, 0.29) is 25.0 Å². The Morgan fingerprint density at radius 1 is 1.50 bits per heavy atom. The number of aromatic nitrogens is 2. The maximum Gasteiger partial charge on any atom is 0.407 e. The average molecular weight is 283 g/mol. The Hall–Kier alpha value is -1.89. The lowest BCUT2D eigenvalue weighted by atomic mass is 10.1. The predicted molar refractivity (Wildman–Crippen MR) is 72.6 cm³/mol. The highest BCUT2D eigenvalue weighted by Gasteiger charge is 2.19. The molecular formula is C13H21N3O4. The van der Waals surface area contributed by atoms with Crippen molar-refractivity contribution in [3.8, 4) is 0 Å². The number of aliphatic hydroxyl groups excluding tert-OH is 1. The number of hydrogen-bond acceptors (Lipinski definition) is 5. The molecule has 0 aliphatic heterocycles. The van der Waals surface area contributed by atoms with Crippen LogP contribution in [0, 0.1) is 0 Å². The fraction of sp³-hybridized carbons (Fsp3) is 0.615. The summed E-state index contributed by atoms with van der Waals surface area (Å²) < 4.78 is 6.29. The summed E-state index contributed by atoms with van der Waals surface area (Å²) in [5.41, 5.74) is -0.0339. The Bertz CT molecular complexity index is 476. The summed E-state index contributed by atoms with van der Waals surface area (Å²) in [5, 5.41) is 16.0. The number of carbonyl (C=O) groups is 2. The molecule has 0 aromatic carbocycles. The van der Waals surface area contributed by atoms with E-state index in [0.29, 0.717) is 5.69 Å². The first kappa shape index (κ1) is 16.2. The molecule has 0 fully saturated rings. The maximum atomic E-state index is 11.5. The van der Waals surface area contributed by atoms with E-state index in [2.05, 4.69) is 10.4 Å². The Morgan fingerprint density at radius 3 is 2.60 bits per heavy atom. The van der Waals surface area contributed by atoms with Crippen LogP contribution >= 0.6 is 0 Å². The first-order valence-corrected chi connectivity index (χ1v) is 6.37. The summed E-state index contributed by atoms with van der Waals surface area (Å²) >= 11 is 0. The summed E-state index contributed by atoms with van der Waals surface area (Å²) in [6, 6.07) is 1.64. The minimum atomic E-state index is -0.574. The lowest BCUT2D eigenvalue weighted by Crippen LogP contribution is -2.35. The highest BCUT2D eigenvalue weighted by Crippen LogP contribution is 2.12. The quantitative estimate of drug-likeness (QED) is 0.864. The first-order chi connectivity index (χ1) is 9.23. The maximum absolute atomic E-state index is 11.5. The second-order valence-electron chi connectivity index (χ2n) is 5.47. The van der Waals surface area contributed by atoms with E-state index in [1.165, 1.54) is 17.8 Å². The van der Waals surface area contributed by atoms with Gasteiger partial charge in [0.1, 0.15) is 5.60 Å². The van der Waals surface area contributed by atoms with Crippen LogP contribution < -0.4 is 5.32 Å². The monoisotopic (exact) mass is 283 g/mol. The molecule has 2 N–H and O–H groups in total. The van der Waals surface area contributed by atoms with Gasteiger partial charge in [-0.05, 0) is 26.8 Å². The molecule has 0 radical (unpaired) electrons. The number of amides is 1. The normalized spacial score (nSPS) is 12.8. The van der Waals surface area contributed by atoms with Gasteiger partial charge in [-0.2, -0.15) is 5.10 Å². The Labute approximate surface area is 117 Å². The van der Waals surface area contributed by atoms with Gasteiger partial charge in [0.2, 0.25) is 5.91 Å². The van der Waals surface area contributed by atoms with Gasteiger partial charge in [-0.3, -0.25) is 4.79 Å². The van der Waals surface area contributed by atoms with Crippen molar-refractivity contribution in [1.29, 1.82) is 0 Å². The fourth-order valence-electron chi connectivity index (χ4n) is 1.51. The van der Waals surface area contributed by atoms with Crippen LogP contribution in [0.25, 0.3) is 0 Å². The van der Waals surface area contributed by atoms with Gasteiger partial charge < -0.3 is 15.2 Å². The molecule has 7 nitrogen and oxygen atoms in total. The Balaban J connectivity index is 2.59. The van der Waals surface area contributed by atoms with Crippen LogP contribution in [0.3, 0.4) is 0 Å². The molecule has 1 rings (SSSR count). The van der Waals surface area contributed by atoms with Crippen molar-refractivity contribution in [2.45, 2.75) is 39.2 Å². The van der Waals surface area contributed by atoms with Crippen LogP contribution in [0.2, 0.25) is 0 Å². The molecule has 1 aromatic rings. The molecule has 1 aromatic heterocycles. The lowest BCUT2D eigenvalue weighted by Gasteiger charge is -2.20. The summed E-state index contributed by atoms with van der Waals surface area (Å²) in [6.07, 6.45) is 0.968. The largest absolute Gasteiger partial charge is 0.444 e. The van der Waals surface area contributed by atoms with E-state index in [4.69, 9.17) is 4.74 Å². The van der Waals surface area contributed by atoms with E-state index >= 15 is 0 Å². The lowest BCUT2D eigenvalue weighted by molar-refractivity contribution is 0.0520. The van der Waals surface area contributed by atoms with Gasteiger partial charge >= 0.3 is 6.09 Å². The molecule has 7 heteroatoms. The zero-order valence-electron chi connectivity index (χ0n) is 12.2. The predicted octanol–water partition coefficient (Wildman–Crippen LogP) is 1.14. The van der Waals surface area contributed by atoms with Crippen LogP contribution in [0.5, 0.6) is 0 Å².